The van der Waals surface area contributed by atoms with E-state index in [0.29, 0.717) is 23.3 Å². The molecule has 0 aliphatic heterocycles. The minimum Gasteiger partial charge on any atom is -0.495 e. The molecule has 2 aliphatic carbocycles. The molecule has 3 N–H and O–H groups in total. The third kappa shape index (κ3) is 2.62. The minimum absolute atomic E-state index is 0.0565. The predicted molar refractivity (Wildman–Crippen MR) is 81.7 cm³/mol. The molecular weight excluding hydrogens is 288 g/mol. The monoisotopic (exact) mass is 310 g/mol. The molecule has 2 aliphatic rings. The lowest BCUT2D eigenvalue weighted by atomic mass is 9.96. The summed E-state index contributed by atoms with van der Waals surface area (Å²) in [6.07, 6.45) is 4.47. The van der Waals surface area contributed by atoms with Gasteiger partial charge < -0.3 is 10.5 Å². The summed E-state index contributed by atoms with van der Waals surface area (Å²) in [5, 5.41) is 0. The van der Waals surface area contributed by atoms with E-state index in [-0.39, 0.29) is 10.9 Å². The molecule has 116 valence electrons. The van der Waals surface area contributed by atoms with Gasteiger partial charge in [-0.05, 0) is 55.7 Å². The van der Waals surface area contributed by atoms with Gasteiger partial charge >= 0.3 is 0 Å². The third-order valence-corrected chi connectivity index (χ3v) is 6.40. The van der Waals surface area contributed by atoms with Gasteiger partial charge in [0.25, 0.3) is 0 Å². The van der Waals surface area contributed by atoms with Gasteiger partial charge in [0.05, 0.1) is 7.11 Å². The summed E-state index contributed by atoms with van der Waals surface area (Å²) in [5.41, 5.74) is 7.13. The Morgan fingerprint density at radius 2 is 2.05 bits per heavy atom. The van der Waals surface area contributed by atoms with Gasteiger partial charge in [-0.25, -0.2) is 13.1 Å². The molecule has 21 heavy (non-hydrogen) atoms. The maximum atomic E-state index is 12.7. The van der Waals surface area contributed by atoms with Crippen LogP contribution in [0, 0.1) is 18.8 Å². The Hall–Kier alpha value is -1.27. The minimum atomic E-state index is -3.60. The summed E-state index contributed by atoms with van der Waals surface area (Å²) in [6, 6.07) is 3.22. The highest BCUT2D eigenvalue weighted by Crippen LogP contribution is 2.45. The fraction of sp³-hybridized carbons (Fsp3) is 0.600. The van der Waals surface area contributed by atoms with E-state index in [9.17, 15) is 8.42 Å². The molecular formula is C15H22N2O3S. The van der Waals surface area contributed by atoms with Crippen molar-refractivity contribution in [2.75, 3.05) is 12.8 Å². The Kier molecular flexibility index (Phi) is 3.61. The molecule has 0 saturated heterocycles. The van der Waals surface area contributed by atoms with Crippen LogP contribution in [0.1, 0.15) is 31.2 Å². The molecule has 6 heteroatoms. The fourth-order valence-corrected chi connectivity index (χ4v) is 5.20. The largest absolute Gasteiger partial charge is 0.495 e. The van der Waals surface area contributed by atoms with Crippen molar-refractivity contribution < 1.29 is 13.2 Å². The van der Waals surface area contributed by atoms with E-state index in [1.54, 1.807) is 6.07 Å². The van der Waals surface area contributed by atoms with Crippen LogP contribution in [-0.2, 0) is 10.0 Å². The number of fused-ring (bicyclic) bond motifs is 2. The second-order valence-electron chi connectivity index (χ2n) is 6.26. The molecule has 0 heterocycles. The zero-order chi connectivity index (χ0) is 15.2. The van der Waals surface area contributed by atoms with Crippen LogP contribution in [0.15, 0.2) is 17.0 Å². The topological polar surface area (TPSA) is 81.4 Å². The number of nitrogens with two attached hydrogens (primary N) is 1. The number of hydrogen-bond donors (Lipinski definition) is 2. The molecule has 3 atom stereocenters. The molecule has 0 amide bonds. The van der Waals surface area contributed by atoms with Crippen LogP contribution in [-0.4, -0.2) is 21.6 Å². The molecule has 1 aromatic carbocycles. The fourth-order valence-electron chi connectivity index (χ4n) is 3.70. The Balaban J connectivity index is 1.89. The number of aryl methyl sites for hydroxylation is 1. The summed E-state index contributed by atoms with van der Waals surface area (Å²) < 4.78 is 33.4. The van der Waals surface area contributed by atoms with E-state index in [0.717, 1.165) is 24.8 Å². The van der Waals surface area contributed by atoms with Crippen molar-refractivity contribution >= 4 is 15.7 Å². The van der Waals surface area contributed by atoms with E-state index in [1.165, 1.54) is 19.6 Å². The van der Waals surface area contributed by atoms with Crippen LogP contribution >= 0.6 is 0 Å². The van der Waals surface area contributed by atoms with E-state index in [1.807, 2.05) is 6.92 Å². The van der Waals surface area contributed by atoms with Crippen LogP contribution in [0.25, 0.3) is 0 Å². The lowest BCUT2D eigenvalue weighted by molar-refractivity contribution is 0.385. The molecule has 3 unspecified atom stereocenters. The number of sulfonamides is 1. The molecule has 2 bridgehead atoms. The van der Waals surface area contributed by atoms with Crippen molar-refractivity contribution in [3.05, 3.63) is 17.7 Å². The highest BCUT2D eigenvalue weighted by atomic mass is 32.2. The standard InChI is InChI=1S/C15H22N2O3S/c1-9-5-14(20-2)15(8-12(9)16)21(18,19)17-13-7-10-3-4-11(13)6-10/h5,8,10-11,13,17H,3-4,6-7,16H2,1-2H3. The Morgan fingerprint density at radius 1 is 1.29 bits per heavy atom. The second-order valence-corrected chi connectivity index (χ2v) is 7.94. The summed E-state index contributed by atoms with van der Waals surface area (Å²) in [5.74, 6) is 1.52. The number of nitrogen functional groups attached to an aromatic ring is 1. The van der Waals surface area contributed by atoms with Crippen LogP contribution in [0.5, 0.6) is 5.75 Å². The number of hydrogen-bond acceptors (Lipinski definition) is 4. The first-order chi connectivity index (χ1) is 9.90. The molecule has 2 fully saturated rings. The summed E-state index contributed by atoms with van der Waals surface area (Å²) >= 11 is 0. The third-order valence-electron chi connectivity index (χ3n) is 4.89. The van der Waals surface area contributed by atoms with Crippen molar-refractivity contribution in [2.24, 2.45) is 11.8 Å². The quantitative estimate of drug-likeness (QED) is 0.834. The second kappa shape index (κ2) is 5.18. The van der Waals surface area contributed by atoms with Crippen molar-refractivity contribution in [3.8, 4) is 5.75 Å². The average Bonchev–Trinajstić information content (AvgIpc) is 3.03. The first-order valence-electron chi connectivity index (χ1n) is 7.37. The van der Waals surface area contributed by atoms with Crippen molar-refractivity contribution in [2.45, 2.75) is 43.5 Å². The van der Waals surface area contributed by atoms with Gasteiger partial charge in [-0.3, -0.25) is 0 Å². The van der Waals surface area contributed by atoms with Crippen molar-refractivity contribution in [1.82, 2.24) is 4.72 Å². The Labute approximate surface area is 125 Å². The first kappa shape index (κ1) is 14.7. The maximum Gasteiger partial charge on any atom is 0.244 e. The molecule has 5 nitrogen and oxygen atoms in total. The van der Waals surface area contributed by atoms with E-state index < -0.39 is 10.0 Å². The SMILES string of the molecule is COc1cc(C)c(N)cc1S(=O)(=O)NC1CC2CCC1C2. The molecule has 0 spiro atoms. The lowest BCUT2D eigenvalue weighted by Gasteiger charge is -2.23. The molecule has 0 radical (unpaired) electrons. The van der Waals surface area contributed by atoms with Crippen LogP contribution < -0.4 is 15.2 Å². The zero-order valence-electron chi connectivity index (χ0n) is 12.4. The highest BCUT2D eigenvalue weighted by Gasteiger charge is 2.41. The number of anilines is 1. The van der Waals surface area contributed by atoms with Crippen molar-refractivity contribution in [3.63, 3.8) is 0 Å². The van der Waals surface area contributed by atoms with Gasteiger partial charge in [-0.1, -0.05) is 6.42 Å². The summed E-state index contributed by atoms with van der Waals surface area (Å²) in [4.78, 5) is 0.135. The molecule has 0 aromatic heterocycles. The van der Waals surface area contributed by atoms with E-state index >= 15 is 0 Å². The van der Waals surface area contributed by atoms with Gasteiger partial charge in [0.2, 0.25) is 10.0 Å². The number of methoxy groups -OCH3 is 1. The Bertz CT molecular complexity index is 657. The normalized spacial score (nSPS) is 28.0. The smallest absolute Gasteiger partial charge is 0.244 e. The Morgan fingerprint density at radius 3 is 2.62 bits per heavy atom. The number of nitrogens with one attached hydrogen (secondary N) is 1. The molecule has 3 rings (SSSR count). The molecule has 2 saturated carbocycles. The zero-order valence-corrected chi connectivity index (χ0v) is 13.2. The number of rotatable bonds is 4. The van der Waals surface area contributed by atoms with Gasteiger partial charge in [-0.15, -0.1) is 0 Å². The number of benzene rings is 1. The maximum absolute atomic E-state index is 12.7. The highest BCUT2D eigenvalue weighted by molar-refractivity contribution is 7.89. The van der Waals surface area contributed by atoms with Crippen molar-refractivity contribution in [1.29, 1.82) is 0 Å². The van der Waals surface area contributed by atoms with Gasteiger partial charge in [-0.2, -0.15) is 0 Å². The summed E-state index contributed by atoms with van der Waals surface area (Å²) in [6.45, 7) is 1.83. The molecule has 1 aromatic rings. The lowest BCUT2D eigenvalue weighted by Crippen LogP contribution is -2.38. The summed E-state index contributed by atoms with van der Waals surface area (Å²) in [7, 11) is -2.13. The van der Waals surface area contributed by atoms with E-state index in [4.69, 9.17) is 10.5 Å². The first-order valence-corrected chi connectivity index (χ1v) is 8.85. The van der Waals surface area contributed by atoms with Gasteiger partial charge in [0.1, 0.15) is 10.6 Å². The average molecular weight is 310 g/mol. The van der Waals surface area contributed by atoms with Crippen LogP contribution in [0.3, 0.4) is 0 Å². The van der Waals surface area contributed by atoms with E-state index in [2.05, 4.69) is 4.72 Å². The van der Waals surface area contributed by atoms with Gasteiger partial charge in [0, 0.05) is 11.7 Å². The predicted octanol–water partition coefficient (Wildman–Crippen LogP) is 2.05. The number of ether oxygens (including phenoxy) is 1. The van der Waals surface area contributed by atoms with Gasteiger partial charge in [0.15, 0.2) is 0 Å². The van der Waals surface area contributed by atoms with Crippen LogP contribution in [0.4, 0.5) is 5.69 Å². The van der Waals surface area contributed by atoms with Crippen LogP contribution in [0.2, 0.25) is 0 Å².